The van der Waals surface area contributed by atoms with Crippen LogP contribution in [0.25, 0.3) is 0 Å². The van der Waals surface area contributed by atoms with Crippen molar-refractivity contribution >= 4 is 5.97 Å². The number of unbranched alkanes of at least 4 members (excludes halogenated alkanes) is 4. The molecule has 3 unspecified atom stereocenters. The van der Waals surface area contributed by atoms with Crippen LogP contribution in [0.1, 0.15) is 58.8 Å². The van der Waals surface area contributed by atoms with Crippen LogP contribution in [0.15, 0.2) is 11.1 Å². The van der Waals surface area contributed by atoms with Gasteiger partial charge in [-0.25, -0.2) is 4.79 Å². The number of hydrogen-bond donors (Lipinski definition) is 3. The molecule has 0 aliphatic carbocycles. The zero-order valence-electron chi connectivity index (χ0n) is 12.3. The van der Waals surface area contributed by atoms with E-state index in [9.17, 15) is 15.0 Å². The highest BCUT2D eigenvalue weighted by molar-refractivity contribution is 5.92. The van der Waals surface area contributed by atoms with E-state index in [1.807, 2.05) is 0 Å². The van der Waals surface area contributed by atoms with Crippen LogP contribution in [0.4, 0.5) is 0 Å². The molecule has 3 atom stereocenters. The Labute approximate surface area is 120 Å². The number of carbonyl (C=O) groups is 1. The van der Waals surface area contributed by atoms with Crippen molar-refractivity contribution in [3.8, 4) is 0 Å². The highest BCUT2D eigenvalue weighted by Crippen LogP contribution is 2.25. The Morgan fingerprint density at radius 2 is 1.65 bits per heavy atom. The maximum absolute atomic E-state index is 11.5. The number of cyclic esters (lactones) is 1. The van der Waals surface area contributed by atoms with Crippen molar-refractivity contribution in [3.63, 3.8) is 0 Å². The molecular weight excluding hydrogens is 260 g/mol. The highest BCUT2D eigenvalue weighted by Gasteiger charge is 2.33. The molecule has 1 aliphatic heterocycles. The number of carbonyl (C=O) groups excluding carboxylic acids is 1. The van der Waals surface area contributed by atoms with Crippen molar-refractivity contribution in [3.05, 3.63) is 11.1 Å². The Kier molecular flexibility index (Phi) is 7.19. The molecule has 0 aromatic heterocycles. The van der Waals surface area contributed by atoms with E-state index in [1.165, 1.54) is 0 Å². The van der Waals surface area contributed by atoms with E-state index in [2.05, 4.69) is 4.74 Å². The minimum Gasteiger partial charge on any atom is -0.428 e. The van der Waals surface area contributed by atoms with Crippen molar-refractivity contribution < 1.29 is 24.9 Å². The summed E-state index contributed by atoms with van der Waals surface area (Å²) in [5.41, 5.74) is 0.631. The molecule has 1 heterocycles. The Hall–Kier alpha value is -0.910. The van der Waals surface area contributed by atoms with Gasteiger partial charge in [0.2, 0.25) is 6.29 Å². The maximum Gasteiger partial charge on any atom is 0.339 e. The second-order valence-electron chi connectivity index (χ2n) is 5.56. The average molecular weight is 286 g/mol. The molecule has 0 bridgehead atoms. The third-order valence-electron chi connectivity index (χ3n) is 3.67. The first-order chi connectivity index (χ1) is 9.43. The molecule has 5 heteroatoms. The van der Waals surface area contributed by atoms with E-state index in [0.29, 0.717) is 12.0 Å². The quantitative estimate of drug-likeness (QED) is 0.443. The number of ether oxygens (including phenoxy) is 1. The monoisotopic (exact) mass is 286 g/mol. The van der Waals surface area contributed by atoms with Gasteiger partial charge < -0.3 is 20.1 Å². The molecule has 1 rings (SSSR count). The molecule has 0 saturated carbocycles. The van der Waals surface area contributed by atoms with Crippen molar-refractivity contribution in [1.29, 1.82) is 0 Å². The minimum absolute atomic E-state index is 0.214. The summed E-state index contributed by atoms with van der Waals surface area (Å²) in [7, 11) is 0. The average Bonchev–Trinajstić information content (AvgIpc) is 2.61. The zero-order valence-corrected chi connectivity index (χ0v) is 12.3. The van der Waals surface area contributed by atoms with E-state index in [4.69, 9.17) is 5.11 Å². The smallest absolute Gasteiger partial charge is 0.339 e. The molecule has 0 amide bonds. The van der Waals surface area contributed by atoms with Crippen molar-refractivity contribution in [2.75, 3.05) is 0 Å². The summed E-state index contributed by atoms with van der Waals surface area (Å²) in [4.78, 5) is 11.5. The molecule has 5 nitrogen and oxygen atoms in total. The van der Waals surface area contributed by atoms with Crippen LogP contribution in [-0.4, -0.2) is 39.8 Å². The van der Waals surface area contributed by atoms with Gasteiger partial charge in [0, 0.05) is 5.57 Å². The van der Waals surface area contributed by atoms with Gasteiger partial charge in [-0.05, 0) is 26.7 Å². The van der Waals surface area contributed by atoms with Crippen molar-refractivity contribution in [1.82, 2.24) is 0 Å². The topological polar surface area (TPSA) is 87.0 Å². The Balaban J connectivity index is 2.18. The number of hydrogen-bond acceptors (Lipinski definition) is 5. The standard InChI is InChI=1S/C15H26O5/c1-10(16)8-6-4-3-5-7-9-12(17)13-11(2)14(18)20-15(13)19/h10,12,14,16-18H,3-9H2,1-2H3. The van der Waals surface area contributed by atoms with Gasteiger partial charge in [-0.15, -0.1) is 0 Å². The highest BCUT2D eigenvalue weighted by atomic mass is 16.6. The SMILES string of the molecule is CC1=C(C(O)CCCCCCCC(C)O)C(=O)OC1O. The summed E-state index contributed by atoms with van der Waals surface area (Å²) in [6.07, 6.45) is 4.02. The molecular formula is C15H26O5. The van der Waals surface area contributed by atoms with Gasteiger partial charge in [-0.3, -0.25) is 0 Å². The van der Waals surface area contributed by atoms with Crippen LogP contribution in [0.5, 0.6) is 0 Å². The predicted molar refractivity (Wildman–Crippen MR) is 74.8 cm³/mol. The third-order valence-corrected chi connectivity index (χ3v) is 3.67. The number of esters is 1. The first-order valence-corrected chi connectivity index (χ1v) is 7.39. The molecule has 3 N–H and O–H groups in total. The normalized spacial score (nSPS) is 22.1. The van der Waals surface area contributed by atoms with Crippen LogP contribution in [0.3, 0.4) is 0 Å². The van der Waals surface area contributed by atoms with E-state index < -0.39 is 18.4 Å². The largest absolute Gasteiger partial charge is 0.428 e. The molecule has 116 valence electrons. The summed E-state index contributed by atoms with van der Waals surface area (Å²) in [5.74, 6) is -0.612. The fraction of sp³-hybridized carbons (Fsp3) is 0.800. The molecule has 0 aromatic carbocycles. The first-order valence-electron chi connectivity index (χ1n) is 7.39. The third kappa shape index (κ3) is 5.23. The summed E-state index contributed by atoms with van der Waals surface area (Å²) in [6, 6.07) is 0. The fourth-order valence-corrected chi connectivity index (χ4v) is 2.40. The van der Waals surface area contributed by atoms with Gasteiger partial charge >= 0.3 is 5.97 Å². The van der Waals surface area contributed by atoms with Crippen molar-refractivity contribution in [2.45, 2.75) is 77.3 Å². The summed E-state index contributed by atoms with van der Waals surface area (Å²) < 4.78 is 4.65. The predicted octanol–water partition coefficient (Wildman–Crippen LogP) is 1.65. The van der Waals surface area contributed by atoms with Crippen LogP contribution in [0.2, 0.25) is 0 Å². The van der Waals surface area contributed by atoms with Gasteiger partial charge in [-0.2, -0.15) is 0 Å². The number of rotatable bonds is 9. The molecule has 1 aliphatic rings. The molecule has 0 saturated heterocycles. The minimum atomic E-state index is -1.20. The molecule has 0 fully saturated rings. The van der Waals surface area contributed by atoms with E-state index in [0.717, 1.165) is 38.5 Å². The molecule has 0 spiro atoms. The molecule has 0 aromatic rings. The van der Waals surface area contributed by atoms with Gasteiger partial charge in [-0.1, -0.05) is 32.1 Å². The van der Waals surface area contributed by atoms with Gasteiger partial charge in [0.15, 0.2) is 0 Å². The first kappa shape index (κ1) is 17.1. The fourth-order valence-electron chi connectivity index (χ4n) is 2.40. The van der Waals surface area contributed by atoms with E-state index in [-0.39, 0.29) is 11.7 Å². The number of aliphatic hydroxyl groups excluding tert-OH is 3. The second kappa shape index (κ2) is 8.39. The van der Waals surface area contributed by atoms with Crippen LogP contribution in [0, 0.1) is 0 Å². The maximum atomic E-state index is 11.5. The lowest BCUT2D eigenvalue weighted by molar-refractivity contribution is -0.152. The summed E-state index contributed by atoms with van der Waals surface area (Å²) in [5, 5.41) is 28.5. The zero-order chi connectivity index (χ0) is 15.1. The molecule has 20 heavy (non-hydrogen) atoms. The Morgan fingerprint density at radius 3 is 2.15 bits per heavy atom. The van der Waals surface area contributed by atoms with Crippen LogP contribution < -0.4 is 0 Å². The number of aliphatic hydroxyl groups is 3. The van der Waals surface area contributed by atoms with Gasteiger partial charge in [0.25, 0.3) is 0 Å². The molecule has 0 radical (unpaired) electrons. The summed E-state index contributed by atoms with van der Waals surface area (Å²) in [6.45, 7) is 3.39. The Bertz CT molecular complexity index is 348. The van der Waals surface area contributed by atoms with Crippen molar-refractivity contribution in [2.24, 2.45) is 0 Å². The lowest BCUT2D eigenvalue weighted by Crippen LogP contribution is -2.16. The lowest BCUT2D eigenvalue weighted by atomic mass is 9.99. The van der Waals surface area contributed by atoms with Crippen LogP contribution >= 0.6 is 0 Å². The second-order valence-corrected chi connectivity index (χ2v) is 5.56. The summed E-state index contributed by atoms with van der Waals surface area (Å²) >= 11 is 0. The van der Waals surface area contributed by atoms with Gasteiger partial charge in [0.1, 0.15) is 0 Å². The van der Waals surface area contributed by atoms with Crippen LogP contribution in [-0.2, 0) is 9.53 Å². The Morgan fingerprint density at radius 1 is 1.10 bits per heavy atom. The van der Waals surface area contributed by atoms with E-state index in [1.54, 1.807) is 13.8 Å². The van der Waals surface area contributed by atoms with E-state index >= 15 is 0 Å². The lowest BCUT2D eigenvalue weighted by Gasteiger charge is -2.10. The van der Waals surface area contributed by atoms with Gasteiger partial charge in [0.05, 0.1) is 17.8 Å².